The summed E-state index contributed by atoms with van der Waals surface area (Å²) in [5, 5.41) is 4.37. The maximum Gasteiger partial charge on any atom is 0.224 e. The Balaban J connectivity index is 1.42. The van der Waals surface area contributed by atoms with Gasteiger partial charge in [0, 0.05) is 50.3 Å². The van der Waals surface area contributed by atoms with Crippen molar-refractivity contribution in [1.82, 2.24) is 24.2 Å². The molecular formula is C31H45N5O. The first-order chi connectivity index (χ1) is 18.1. The lowest BCUT2D eigenvalue weighted by Crippen LogP contribution is -2.41. The van der Waals surface area contributed by atoms with Gasteiger partial charge in [-0.05, 0) is 69.1 Å². The van der Waals surface area contributed by atoms with Crippen molar-refractivity contribution in [3.05, 3.63) is 36.4 Å². The van der Waals surface area contributed by atoms with Crippen LogP contribution in [0.3, 0.4) is 0 Å². The minimum absolute atomic E-state index is 0.303. The number of benzene rings is 1. The first-order valence-corrected chi connectivity index (χ1v) is 14.9. The molecule has 0 radical (unpaired) electrons. The van der Waals surface area contributed by atoms with E-state index in [4.69, 9.17) is 4.98 Å². The van der Waals surface area contributed by atoms with Crippen molar-refractivity contribution in [1.29, 1.82) is 0 Å². The number of rotatable bonds is 9. The third-order valence-electron chi connectivity index (χ3n) is 8.95. The molecule has 1 amide bonds. The van der Waals surface area contributed by atoms with Gasteiger partial charge in [0.15, 0.2) is 0 Å². The molecule has 0 N–H and O–H groups in total. The van der Waals surface area contributed by atoms with E-state index in [9.17, 15) is 4.79 Å². The maximum atomic E-state index is 13.5. The summed E-state index contributed by atoms with van der Waals surface area (Å²) < 4.78 is 4.24. The zero-order chi connectivity index (χ0) is 25.8. The second-order valence-corrected chi connectivity index (χ2v) is 11.5. The van der Waals surface area contributed by atoms with E-state index < -0.39 is 0 Å². The van der Waals surface area contributed by atoms with Crippen LogP contribution in [0.4, 0.5) is 0 Å². The van der Waals surface area contributed by atoms with Gasteiger partial charge in [0.05, 0.1) is 17.2 Å². The third-order valence-corrected chi connectivity index (χ3v) is 8.95. The molecule has 1 aromatic carbocycles. The van der Waals surface area contributed by atoms with Gasteiger partial charge >= 0.3 is 0 Å². The molecule has 6 heteroatoms. The van der Waals surface area contributed by atoms with E-state index in [1.807, 2.05) is 17.9 Å². The van der Waals surface area contributed by atoms with Crippen LogP contribution in [0.25, 0.3) is 22.2 Å². The molecule has 0 atom stereocenters. The molecule has 37 heavy (non-hydrogen) atoms. The molecular weight excluding hydrogens is 458 g/mol. The molecule has 0 bridgehead atoms. The monoisotopic (exact) mass is 503 g/mol. The first kappa shape index (κ1) is 26.0. The van der Waals surface area contributed by atoms with Gasteiger partial charge in [-0.3, -0.25) is 9.48 Å². The lowest BCUT2D eigenvalue weighted by molar-refractivity contribution is -0.134. The first-order valence-electron chi connectivity index (χ1n) is 14.9. The number of hydrogen-bond acceptors (Lipinski definition) is 3. The van der Waals surface area contributed by atoms with Gasteiger partial charge in [0.1, 0.15) is 5.82 Å². The van der Waals surface area contributed by atoms with Crippen LogP contribution in [-0.4, -0.2) is 42.7 Å². The summed E-state index contributed by atoms with van der Waals surface area (Å²) >= 11 is 0. The second kappa shape index (κ2) is 11.8. The van der Waals surface area contributed by atoms with E-state index in [-0.39, 0.29) is 0 Å². The molecule has 2 aromatic heterocycles. The zero-order valence-electron chi connectivity index (χ0n) is 23.2. The summed E-state index contributed by atoms with van der Waals surface area (Å²) in [6, 6.07) is 7.00. The molecule has 200 valence electrons. The van der Waals surface area contributed by atoms with Gasteiger partial charge in [-0.1, -0.05) is 45.1 Å². The van der Waals surface area contributed by atoms with E-state index in [0.717, 1.165) is 47.5 Å². The third kappa shape index (κ3) is 5.78. The average Bonchev–Trinajstić information content (AvgIpc) is 3.52. The maximum absolute atomic E-state index is 13.5. The van der Waals surface area contributed by atoms with Gasteiger partial charge in [-0.2, -0.15) is 5.10 Å². The van der Waals surface area contributed by atoms with Crippen LogP contribution in [0, 0.1) is 5.92 Å². The number of amides is 1. The van der Waals surface area contributed by atoms with Gasteiger partial charge in [-0.25, -0.2) is 4.98 Å². The lowest BCUT2D eigenvalue weighted by atomic mass is 9.79. The van der Waals surface area contributed by atoms with E-state index in [2.05, 4.69) is 52.8 Å². The summed E-state index contributed by atoms with van der Waals surface area (Å²) in [6.45, 7) is 5.96. The molecule has 2 aliphatic carbocycles. The molecule has 3 aromatic rings. The molecule has 2 fully saturated rings. The molecule has 0 saturated heterocycles. The molecule has 2 saturated carbocycles. The van der Waals surface area contributed by atoms with Crippen LogP contribution < -0.4 is 0 Å². The van der Waals surface area contributed by atoms with Crippen LogP contribution in [0.15, 0.2) is 30.6 Å². The average molecular weight is 504 g/mol. The van der Waals surface area contributed by atoms with Crippen molar-refractivity contribution < 1.29 is 4.79 Å². The van der Waals surface area contributed by atoms with E-state index >= 15 is 0 Å². The number of aromatic nitrogens is 4. The Hall–Kier alpha value is -2.63. The summed E-state index contributed by atoms with van der Waals surface area (Å²) in [4.78, 5) is 20.8. The Bertz CT molecular complexity index is 1180. The smallest absolute Gasteiger partial charge is 0.224 e. The SMILES string of the molecule is CCCC1CCC(c2nc3ccc(-c4cnn(C)c4)cc3n2CCC(=O)N(CC)C2CCCCC2)CC1. The Morgan fingerprint density at radius 1 is 1.03 bits per heavy atom. The summed E-state index contributed by atoms with van der Waals surface area (Å²) in [7, 11) is 1.96. The van der Waals surface area contributed by atoms with Crippen LogP contribution in [0.2, 0.25) is 0 Å². The van der Waals surface area contributed by atoms with Crippen LogP contribution >= 0.6 is 0 Å². The molecule has 6 nitrogen and oxygen atoms in total. The topological polar surface area (TPSA) is 56.0 Å². The highest BCUT2D eigenvalue weighted by Gasteiger charge is 2.28. The van der Waals surface area contributed by atoms with E-state index in [1.54, 1.807) is 0 Å². The van der Waals surface area contributed by atoms with Gasteiger partial charge in [0.25, 0.3) is 0 Å². The number of nitrogens with zero attached hydrogens (tertiary/aromatic N) is 5. The Labute approximate surface area is 222 Å². The summed E-state index contributed by atoms with van der Waals surface area (Å²) in [5.41, 5.74) is 4.47. The highest BCUT2D eigenvalue weighted by Crippen LogP contribution is 2.39. The normalized spacial score (nSPS) is 20.9. The lowest BCUT2D eigenvalue weighted by Gasteiger charge is -2.34. The standard InChI is InChI=1S/C31H45N5O/c1-4-9-23-12-14-24(15-13-23)31-33-28-17-16-25(26-21-32-34(3)22-26)20-29(28)36(31)19-18-30(37)35(5-2)27-10-7-6-8-11-27/h16-17,20-24,27H,4-15,18-19H2,1-3H3. The zero-order valence-corrected chi connectivity index (χ0v) is 23.2. The fraction of sp³-hybridized carbons (Fsp3) is 0.645. The number of imidazole rings is 1. The predicted octanol–water partition coefficient (Wildman–Crippen LogP) is 7.08. The van der Waals surface area contributed by atoms with Crippen molar-refractivity contribution in [2.45, 2.75) is 109 Å². The minimum atomic E-state index is 0.303. The molecule has 5 rings (SSSR count). The highest BCUT2D eigenvalue weighted by atomic mass is 16.2. The van der Waals surface area contributed by atoms with Crippen molar-refractivity contribution >= 4 is 16.9 Å². The number of fused-ring (bicyclic) bond motifs is 1. The minimum Gasteiger partial charge on any atom is -0.340 e. The quantitative estimate of drug-likeness (QED) is 0.313. The number of carbonyl (C=O) groups is 1. The molecule has 2 heterocycles. The number of carbonyl (C=O) groups excluding carboxylic acids is 1. The largest absolute Gasteiger partial charge is 0.340 e. The Morgan fingerprint density at radius 2 is 1.81 bits per heavy atom. The van der Waals surface area contributed by atoms with E-state index in [0.29, 0.717) is 30.8 Å². The summed E-state index contributed by atoms with van der Waals surface area (Å²) in [6.07, 6.45) is 18.3. The number of aryl methyl sites for hydroxylation is 2. The van der Waals surface area contributed by atoms with Crippen LogP contribution in [0.5, 0.6) is 0 Å². The van der Waals surface area contributed by atoms with Crippen molar-refractivity contribution in [3.8, 4) is 11.1 Å². The predicted molar refractivity (Wildman–Crippen MR) is 150 cm³/mol. The van der Waals surface area contributed by atoms with Crippen LogP contribution in [0.1, 0.15) is 103 Å². The van der Waals surface area contributed by atoms with Gasteiger partial charge in [-0.15, -0.1) is 0 Å². The number of hydrogen-bond donors (Lipinski definition) is 0. The second-order valence-electron chi connectivity index (χ2n) is 11.5. The van der Waals surface area contributed by atoms with Crippen molar-refractivity contribution in [2.75, 3.05) is 6.54 Å². The fourth-order valence-corrected chi connectivity index (χ4v) is 6.94. The fourth-order valence-electron chi connectivity index (χ4n) is 6.94. The van der Waals surface area contributed by atoms with Crippen molar-refractivity contribution in [3.63, 3.8) is 0 Å². The van der Waals surface area contributed by atoms with Gasteiger partial charge in [0.2, 0.25) is 5.91 Å². The highest BCUT2D eigenvalue weighted by molar-refractivity contribution is 5.83. The Kier molecular flexibility index (Phi) is 8.31. The summed E-state index contributed by atoms with van der Waals surface area (Å²) in [5.74, 6) is 2.85. The molecule has 2 aliphatic rings. The molecule has 0 spiro atoms. The van der Waals surface area contributed by atoms with Crippen LogP contribution in [-0.2, 0) is 18.4 Å². The van der Waals surface area contributed by atoms with E-state index in [1.165, 1.54) is 63.6 Å². The molecule has 0 unspecified atom stereocenters. The Morgan fingerprint density at radius 3 is 2.49 bits per heavy atom. The van der Waals surface area contributed by atoms with Crippen molar-refractivity contribution in [2.24, 2.45) is 13.0 Å². The van der Waals surface area contributed by atoms with Gasteiger partial charge < -0.3 is 9.47 Å². The molecule has 0 aliphatic heterocycles.